The zero-order valence-electron chi connectivity index (χ0n) is 9.53. The van der Waals surface area contributed by atoms with Crippen molar-refractivity contribution >= 4 is 33.0 Å². The van der Waals surface area contributed by atoms with Crippen LogP contribution in [0.2, 0.25) is 0 Å². The second-order valence-electron chi connectivity index (χ2n) is 3.79. The fraction of sp³-hybridized carbons (Fsp3) is 0.273. The van der Waals surface area contributed by atoms with Gasteiger partial charge in [0.1, 0.15) is 6.04 Å². The Bertz CT molecular complexity index is 646. The first-order valence-electron chi connectivity index (χ1n) is 5.16. The Morgan fingerprint density at radius 1 is 1.61 bits per heavy atom. The molecule has 0 aliphatic heterocycles. The number of H-pyrrole nitrogens is 1. The van der Waals surface area contributed by atoms with E-state index in [2.05, 4.69) is 25.7 Å². The molecule has 3 N–H and O–H groups in total. The van der Waals surface area contributed by atoms with Gasteiger partial charge in [-0.1, -0.05) is 15.9 Å². The summed E-state index contributed by atoms with van der Waals surface area (Å²) in [7, 11) is 1.28. The van der Waals surface area contributed by atoms with Gasteiger partial charge in [-0.25, -0.2) is 4.79 Å². The van der Waals surface area contributed by atoms with Crippen molar-refractivity contribution in [1.29, 1.82) is 0 Å². The quantitative estimate of drug-likeness (QED) is 0.821. The van der Waals surface area contributed by atoms with Gasteiger partial charge in [-0.15, -0.1) is 0 Å². The lowest BCUT2D eigenvalue weighted by molar-refractivity contribution is -0.142. The predicted octanol–water partition coefficient (Wildman–Crippen LogP) is 0.926. The van der Waals surface area contributed by atoms with Crippen LogP contribution in [0, 0.1) is 0 Å². The number of halogens is 1. The number of methoxy groups -OCH3 is 1. The van der Waals surface area contributed by atoms with Gasteiger partial charge in [0.05, 0.1) is 12.6 Å². The van der Waals surface area contributed by atoms with Gasteiger partial charge < -0.3 is 14.9 Å². The van der Waals surface area contributed by atoms with E-state index >= 15 is 0 Å². The van der Waals surface area contributed by atoms with Crippen LogP contribution in [0.5, 0.6) is 0 Å². The molecule has 0 fully saturated rings. The Morgan fingerprint density at radius 2 is 2.33 bits per heavy atom. The first kappa shape index (κ1) is 12.8. The van der Waals surface area contributed by atoms with Crippen LogP contribution in [-0.2, 0) is 16.0 Å². The van der Waals surface area contributed by atoms with Gasteiger partial charge >= 0.3 is 11.7 Å². The number of nitrogens with two attached hydrogens (primary N) is 1. The lowest BCUT2D eigenvalue weighted by Gasteiger charge is -2.10. The molecule has 2 aromatic rings. The summed E-state index contributed by atoms with van der Waals surface area (Å²) in [5.74, 6) is -1.01. The zero-order valence-corrected chi connectivity index (χ0v) is 11.1. The third kappa shape index (κ3) is 2.46. The van der Waals surface area contributed by atoms with Crippen LogP contribution in [0.3, 0.4) is 0 Å². The van der Waals surface area contributed by atoms with E-state index in [1.165, 1.54) is 7.11 Å². The Kier molecular flexibility index (Phi) is 3.53. The molecular weight excluding hydrogens is 304 g/mol. The SMILES string of the molecule is COC(=O)[C@H](N)Cc1cc2oc(=O)[nH]c2cc1Br. The van der Waals surface area contributed by atoms with Crippen molar-refractivity contribution in [3.63, 3.8) is 0 Å². The minimum absolute atomic E-state index is 0.290. The lowest BCUT2D eigenvalue weighted by Crippen LogP contribution is -2.33. The van der Waals surface area contributed by atoms with Crippen molar-refractivity contribution in [1.82, 2.24) is 4.98 Å². The van der Waals surface area contributed by atoms with Gasteiger partial charge in [0.25, 0.3) is 0 Å². The minimum atomic E-state index is -0.755. The van der Waals surface area contributed by atoms with E-state index in [4.69, 9.17) is 10.2 Å². The average Bonchev–Trinajstić information content (AvgIpc) is 2.67. The summed E-state index contributed by atoms with van der Waals surface area (Å²) in [6.45, 7) is 0. The van der Waals surface area contributed by atoms with E-state index < -0.39 is 17.8 Å². The van der Waals surface area contributed by atoms with Crippen LogP contribution in [0.15, 0.2) is 25.8 Å². The van der Waals surface area contributed by atoms with Crippen LogP contribution in [0.25, 0.3) is 11.1 Å². The van der Waals surface area contributed by atoms with E-state index in [-0.39, 0.29) is 6.42 Å². The topological polar surface area (TPSA) is 98.3 Å². The Morgan fingerprint density at radius 3 is 3.00 bits per heavy atom. The average molecular weight is 315 g/mol. The first-order chi connectivity index (χ1) is 8.51. The number of ether oxygens (including phenoxy) is 1. The Balaban J connectivity index is 2.35. The van der Waals surface area contributed by atoms with Crippen molar-refractivity contribution in [3.8, 4) is 0 Å². The fourth-order valence-electron chi connectivity index (χ4n) is 1.64. The molecule has 0 spiro atoms. The number of rotatable bonds is 3. The fourth-order valence-corrected chi connectivity index (χ4v) is 2.15. The highest BCUT2D eigenvalue weighted by atomic mass is 79.9. The normalized spacial score (nSPS) is 12.6. The molecule has 7 heteroatoms. The predicted molar refractivity (Wildman–Crippen MR) is 68.2 cm³/mol. The number of aromatic amines is 1. The Hall–Kier alpha value is -1.60. The maximum absolute atomic E-state index is 11.3. The summed E-state index contributed by atoms with van der Waals surface area (Å²) in [4.78, 5) is 24.8. The number of esters is 1. The zero-order chi connectivity index (χ0) is 13.3. The smallest absolute Gasteiger partial charge is 0.417 e. The van der Waals surface area contributed by atoms with Crippen molar-refractivity contribution in [2.45, 2.75) is 12.5 Å². The summed E-state index contributed by atoms with van der Waals surface area (Å²) >= 11 is 3.35. The highest BCUT2D eigenvalue weighted by molar-refractivity contribution is 9.10. The third-order valence-electron chi connectivity index (χ3n) is 2.53. The molecule has 1 aromatic carbocycles. The molecule has 0 amide bonds. The summed E-state index contributed by atoms with van der Waals surface area (Å²) in [6, 6.07) is 2.62. The molecule has 0 saturated carbocycles. The standard InChI is InChI=1S/C11H11BrN2O4/c1-17-10(15)7(13)2-5-3-9-8(4-6(5)12)14-11(16)18-9/h3-4,7H,2,13H2,1H3,(H,14,16)/t7-/m1/s1. The number of aromatic nitrogens is 1. The molecule has 0 bridgehead atoms. The number of benzene rings is 1. The molecule has 6 nitrogen and oxygen atoms in total. The highest BCUT2D eigenvalue weighted by Gasteiger charge is 2.17. The highest BCUT2D eigenvalue weighted by Crippen LogP contribution is 2.23. The molecule has 96 valence electrons. The second-order valence-corrected chi connectivity index (χ2v) is 4.64. The first-order valence-corrected chi connectivity index (χ1v) is 5.95. The molecule has 1 heterocycles. The van der Waals surface area contributed by atoms with Crippen LogP contribution < -0.4 is 11.5 Å². The van der Waals surface area contributed by atoms with Gasteiger partial charge in [0, 0.05) is 4.47 Å². The summed E-state index contributed by atoms with van der Waals surface area (Å²) in [6.07, 6.45) is 0.290. The van der Waals surface area contributed by atoms with Gasteiger partial charge in [-0.2, -0.15) is 0 Å². The number of hydrogen-bond acceptors (Lipinski definition) is 5. The molecule has 0 radical (unpaired) electrons. The van der Waals surface area contributed by atoms with Crippen LogP contribution in [-0.4, -0.2) is 24.1 Å². The second kappa shape index (κ2) is 4.95. The molecule has 0 aliphatic rings. The van der Waals surface area contributed by atoms with Crippen molar-refractivity contribution < 1.29 is 13.9 Å². The minimum Gasteiger partial charge on any atom is -0.468 e. The van der Waals surface area contributed by atoms with Crippen molar-refractivity contribution in [2.24, 2.45) is 5.73 Å². The van der Waals surface area contributed by atoms with Gasteiger partial charge in [0.15, 0.2) is 5.58 Å². The van der Waals surface area contributed by atoms with E-state index in [9.17, 15) is 9.59 Å². The number of fused-ring (bicyclic) bond motifs is 1. The number of hydrogen-bond donors (Lipinski definition) is 2. The number of oxazole rings is 1. The number of nitrogens with one attached hydrogen (secondary N) is 1. The third-order valence-corrected chi connectivity index (χ3v) is 3.27. The number of carbonyl (C=O) groups excluding carboxylic acids is 1. The molecule has 1 atom stereocenters. The van der Waals surface area contributed by atoms with E-state index in [1.807, 2.05) is 0 Å². The lowest BCUT2D eigenvalue weighted by atomic mass is 10.1. The number of carbonyl (C=O) groups is 1. The molecule has 0 unspecified atom stereocenters. The van der Waals surface area contributed by atoms with Crippen LogP contribution in [0.4, 0.5) is 0 Å². The van der Waals surface area contributed by atoms with E-state index in [0.29, 0.717) is 11.1 Å². The van der Waals surface area contributed by atoms with Gasteiger partial charge in [0.2, 0.25) is 0 Å². The largest absolute Gasteiger partial charge is 0.468 e. The maximum atomic E-state index is 11.3. The van der Waals surface area contributed by atoms with Crippen molar-refractivity contribution in [3.05, 3.63) is 32.7 Å². The summed E-state index contributed by atoms with van der Waals surface area (Å²) < 4.78 is 10.2. The Labute approximate surface area is 110 Å². The maximum Gasteiger partial charge on any atom is 0.417 e. The van der Waals surface area contributed by atoms with Crippen LogP contribution >= 0.6 is 15.9 Å². The van der Waals surface area contributed by atoms with E-state index in [1.54, 1.807) is 12.1 Å². The van der Waals surface area contributed by atoms with Gasteiger partial charge in [-0.3, -0.25) is 9.78 Å². The summed E-state index contributed by atoms with van der Waals surface area (Å²) in [5, 5.41) is 0. The molecular formula is C11H11BrN2O4. The molecule has 18 heavy (non-hydrogen) atoms. The van der Waals surface area contributed by atoms with Crippen LogP contribution in [0.1, 0.15) is 5.56 Å². The monoisotopic (exact) mass is 314 g/mol. The van der Waals surface area contributed by atoms with Crippen molar-refractivity contribution in [2.75, 3.05) is 7.11 Å². The van der Waals surface area contributed by atoms with E-state index in [0.717, 1.165) is 10.0 Å². The molecule has 0 saturated heterocycles. The molecule has 0 aliphatic carbocycles. The van der Waals surface area contributed by atoms with Gasteiger partial charge in [-0.05, 0) is 24.1 Å². The molecule has 1 aromatic heterocycles. The molecule has 2 rings (SSSR count). The summed E-state index contributed by atoms with van der Waals surface area (Å²) in [5.41, 5.74) is 7.46.